The van der Waals surface area contributed by atoms with Gasteiger partial charge in [-0.25, -0.2) is 4.39 Å². The molecule has 2 rings (SSSR count). The number of likely N-dealkylation sites (N-methyl/N-ethyl adjacent to an activating group) is 1. The van der Waals surface area contributed by atoms with E-state index in [9.17, 15) is 4.39 Å². The van der Waals surface area contributed by atoms with E-state index in [0.717, 1.165) is 19.3 Å². The van der Waals surface area contributed by atoms with Gasteiger partial charge in [-0.15, -0.1) is 0 Å². The van der Waals surface area contributed by atoms with Crippen molar-refractivity contribution < 1.29 is 9.13 Å². The molecule has 0 saturated heterocycles. The number of ether oxygens (including phenoxy) is 1. The van der Waals surface area contributed by atoms with E-state index >= 15 is 0 Å². The summed E-state index contributed by atoms with van der Waals surface area (Å²) in [6.07, 6.45) is 4.25. The van der Waals surface area contributed by atoms with Crippen LogP contribution in [0.1, 0.15) is 51.1 Å². The minimum Gasteiger partial charge on any atom is -0.373 e. The molecule has 1 N–H and O–H groups in total. The lowest BCUT2D eigenvalue weighted by atomic mass is 9.72. The molecular formula is C17H25ClFNO. The number of hydrogen-bond donors (Lipinski definition) is 1. The summed E-state index contributed by atoms with van der Waals surface area (Å²) in [5.74, 6) is 0.329. The van der Waals surface area contributed by atoms with E-state index in [4.69, 9.17) is 16.3 Å². The Bertz CT molecular complexity index is 478. The van der Waals surface area contributed by atoms with E-state index in [2.05, 4.69) is 12.2 Å². The van der Waals surface area contributed by atoms with Crippen LogP contribution in [0.2, 0.25) is 5.02 Å². The van der Waals surface area contributed by atoms with Gasteiger partial charge in [0.2, 0.25) is 0 Å². The predicted molar refractivity (Wildman–Crippen MR) is 85.2 cm³/mol. The van der Waals surface area contributed by atoms with E-state index in [1.165, 1.54) is 12.5 Å². The monoisotopic (exact) mass is 313 g/mol. The highest BCUT2D eigenvalue weighted by atomic mass is 35.5. The lowest BCUT2D eigenvalue weighted by molar-refractivity contribution is -0.101. The van der Waals surface area contributed by atoms with Gasteiger partial charge in [0, 0.05) is 17.2 Å². The number of nitrogens with one attached hydrogen (secondary N) is 1. The Hall–Kier alpha value is -0.640. The third kappa shape index (κ3) is 3.58. The van der Waals surface area contributed by atoms with Crippen molar-refractivity contribution in [2.75, 3.05) is 13.7 Å². The second kappa shape index (κ2) is 7.08. The molecule has 0 radical (unpaired) electrons. The molecule has 3 atom stereocenters. The van der Waals surface area contributed by atoms with Crippen molar-refractivity contribution in [2.24, 2.45) is 5.92 Å². The van der Waals surface area contributed by atoms with Gasteiger partial charge in [-0.05, 0) is 44.9 Å². The van der Waals surface area contributed by atoms with Crippen molar-refractivity contribution in [3.05, 3.63) is 34.6 Å². The highest BCUT2D eigenvalue weighted by molar-refractivity contribution is 6.30. The molecule has 1 aliphatic carbocycles. The zero-order chi connectivity index (χ0) is 15.5. The summed E-state index contributed by atoms with van der Waals surface area (Å²) < 4.78 is 20.5. The Morgan fingerprint density at radius 2 is 2.29 bits per heavy atom. The maximum atomic E-state index is 14.4. The van der Waals surface area contributed by atoms with Crippen LogP contribution < -0.4 is 5.32 Å². The summed E-state index contributed by atoms with van der Waals surface area (Å²) in [6.45, 7) is 4.89. The average molecular weight is 314 g/mol. The SMILES string of the molecule is CCOC1(C(NC)c2ccc(Cl)cc2F)CCCC(C)C1. The first kappa shape index (κ1) is 16.7. The smallest absolute Gasteiger partial charge is 0.129 e. The van der Waals surface area contributed by atoms with Crippen LogP contribution in [-0.4, -0.2) is 19.3 Å². The highest BCUT2D eigenvalue weighted by Crippen LogP contribution is 2.44. The van der Waals surface area contributed by atoms with Gasteiger partial charge in [-0.3, -0.25) is 0 Å². The molecule has 4 heteroatoms. The van der Waals surface area contributed by atoms with E-state index in [0.29, 0.717) is 23.1 Å². The number of halogens is 2. The summed E-state index contributed by atoms with van der Waals surface area (Å²) in [7, 11) is 1.87. The number of benzene rings is 1. The van der Waals surface area contributed by atoms with E-state index in [1.54, 1.807) is 12.1 Å². The van der Waals surface area contributed by atoms with E-state index in [1.807, 2.05) is 14.0 Å². The Balaban J connectivity index is 2.39. The number of hydrogen-bond acceptors (Lipinski definition) is 2. The standard InChI is InChI=1S/C17H25ClFNO/c1-4-21-17(9-5-6-12(2)11-17)16(20-3)14-8-7-13(18)10-15(14)19/h7-8,10,12,16,20H,4-6,9,11H2,1-3H3. The van der Waals surface area contributed by atoms with Crippen LogP contribution in [0, 0.1) is 11.7 Å². The zero-order valence-corrected chi connectivity index (χ0v) is 13.8. The van der Waals surface area contributed by atoms with E-state index < -0.39 is 0 Å². The van der Waals surface area contributed by atoms with Crippen LogP contribution in [0.15, 0.2) is 18.2 Å². The Labute approximate surface area is 132 Å². The van der Waals surface area contributed by atoms with Gasteiger partial charge in [0.15, 0.2) is 0 Å². The van der Waals surface area contributed by atoms with Crippen LogP contribution >= 0.6 is 11.6 Å². The fourth-order valence-corrected chi connectivity index (χ4v) is 3.90. The molecule has 21 heavy (non-hydrogen) atoms. The maximum Gasteiger partial charge on any atom is 0.129 e. The van der Waals surface area contributed by atoms with Crippen LogP contribution in [0.3, 0.4) is 0 Å². The summed E-state index contributed by atoms with van der Waals surface area (Å²) in [5, 5.41) is 3.71. The van der Waals surface area contributed by atoms with Crippen LogP contribution in [0.5, 0.6) is 0 Å². The molecule has 1 aliphatic rings. The fourth-order valence-electron chi connectivity index (χ4n) is 3.75. The summed E-state index contributed by atoms with van der Waals surface area (Å²) in [5.41, 5.74) is 0.306. The van der Waals surface area contributed by atoms with Crippen molar-refractivity contribution in [1.82, 2.24) is 5.32 Å². The topological polar surface area (TPSA) is 21.3 Å². The molecule has 118 valence electrons. The molecule has 0 heterocycles. The lowest BCUT2D eigenvalue weighted by Gasteiger charge is -2.45. The summed E-state index contributed by atoms with van der Waals surface area (Å²) in [6, 6.07) is 4.75. The van der Waals surface area contributed by atoms with Gasteiger partial charge in [-0.1, -0.05) is 37.4 Å². The summed E-state index contributed by atoms with van der Waals surface area (Å²) >= 11 is 5.88. The first-order chi connectivity index (χ1) is 10.0. The van der Waals surface area contributed by atoms with Crippen molar-refractivity contribution in [1.29, 1.82) is 0 Å². The molecule has 0 amide bonds. The molecule has 0 aliphatic heterocycles. The molecule has 0 bridgehead atoms. The minimum absolute atomic E-state index is 0.155. The van der Waals surface area contributed by atoms with Gasteiger partial charge < -0.3 is 10.1 Å². The molecule has 1 saturated carbocycles. The molecule has 1 aromatic carbocycles. The molecular weight excluding hydrogens is 289 g/mol. The van der Waals surface area contributed by atoms with Crippen LogP contribution in [0.25, 0.3) is 0 Å². The number of rotatable bonds is 5. The molecule has 0 aromatic heterocycles. The van der Waals surface area contributed by atoms with Crippen LogP contribution in [0.4, 0.5) is 4.39 Å². The first-order valence-electron chi connectivity index (χ1n) is 7.78. The molecule has 3 unspecified atom stereocenters. The van der Waals surface area contributed by atoms with Crippen LogP contribution in [-0.2, 0) is 4.74 Å². The Kier molecular flexibility index (Phi) is 5.64. The average Bonchev–Trinajstić information content (AvgIpc) is 2.42. The summed E-state index contributed by atoms with van der Waals surface area (Å²) in [4.78, 5) is 0. The normalized spacial score (nSPS) is 27.6. The molecule has 1 fully saturated rings. The minimum atomic E-state index is -0.337. The molecule has 2 nitrogen and oxygen atoms in total. The zero-order valence-electron chi connectivity index (χ0n) is 13.1. The highest BCUT2D eigenvalue weighted by Gasteiger charge is 2.43. The lowest BCUT2D eigenvalue weighted by Crippen LogP contribution is -2.48. The third-order valence-electron chi connectivity index (χ3n) is 4.51. The first-order valence-corrected chi connectivity index (χ1v) is 8.16. The largest absolute Gasteiger partial charge is 0.373 e. The van der Waals surface area contributed by atoms with Gasteiger partial charge >= 0.3 is 0 Å². The third-order valence-corrected chi connectivity index (χ3v) is 4.75. The van der Waals surface area contributed by atoms with Gasteiger partial charge in [0.25, 0.3) is 0 Å². The van der Waals surface area contributed by atoms with Gasteiger partial charge in [0.1, 0.15) is 5.82 Å². The maximum absolute atomic E-state index is 14.4. The van der Waals surface area contributed by atoms with Crippen molar-refractivity contribution in [3.63, 3.8) is 0 Å². The van der Waals surface area contributed by atoms with Crippen molar-refractivity contribution >= 4 is 11.6 Å². The second-order valence-corrected chi connectivity index (χ2v) is 6.52. The van der Waals surface area contributed by atoms with Gasteiger partial charge in [-0.2, -0.15) is 0 Å². The van der Waals surface area contributed by atoms with Crippen molar-refractivity contribution in [2.45, 2.75) is 51.2 Å². The van der Waals surface area contributed by atoms with Crippen molar-refractivity contribution in [3.8, 4) is 0 Å². The predicted octanol–water partition coefficient (Wildman–Crippen LogP) is 4.73. The second-order valence-electron chi connectivity index (χ2n) is 6.09. The Morgan fingerprint density at radius 1 is 1.52 bits per heavy atom. The molecule has 1 aromatic rings. The fraction of sp³-hybridized carbons (Fsp3) is 0.647. The Morgan fingerprint density at radius 3 is 2.86 bits per heavy atom. The quantitative estimate of drug-likeness (QED) is 0.849. The van der Waals surface area contributed by atoms with E-state index in [-0.39, 0.29) is 17.5 Å². The van der Waals surface area contributed by atoms with Gasteiger partial charge in [0.05, 0.1) is 11.6 Å². The molecule has 0 spiro atoms.